The lowest BCUT2D eigenvalue weighted by atomic mass is 10.3. The molecule has 3 radical (unpaired) electrons. The van der Waals surface area contributed by atoms with Gasteiger partial charge in [0.05, 0.1) is 5.69 Å². The Balaban J connectivity index is 0.000001000. The summed E-state index contributed by atoms with van der Waals surface area (Å²) in [6.07, 6.45) is 0. The van der Waals surface area contributed by atoms with Crippen LogP contribution in [0.3, 0.4) is 0 Å². The summed E-state index contributed by atoms with van der Waals surface area (Å²) in [5.41, 5.74) is 0.627. The maximum Gasteiger partial charge on any atom is 0.146 e. The number of halogens is 1. The highest BCUT2D eigenvalue weighted by Crippen LogP contribution is 2.14. The van der Waals surface area contributed by atoms with Crippen LogP contribution in [0.1, 0.15) is 0 Å². The summed E-state index contributed by atoms with van der Waals surface area (Å²) in [6.45, 7) is 0. The van der Waals surface area contributed by atoms with Crippen LogP contribution in [0.4, 0.5) is 10.1 Å². The second-order valence-corrected chi connectivity index (χ2v) is 2.35. The van der Waals surface area contributed by atoms with Gasteiger partial charge in [0.1, 0.15) is 5.82 Å². The van der Waals surface area contributed by atoms with Crippen molar-refractivity contribution >= 4 is 14.1 Å². The molecule has 0 heterocycles. The zero-order valence-corrected chi connectivity index (χ0v) is 6.71. The van der Waals surface area contributed by atoms with E-state index in [1.165, 1.54) is 6.07 Å². The van der Waals surface area contributed by atoms with E-state index in [0.29, 0.717) is 5.69 Å². The van der Waals surface area contributed by atoms with E-state index >= 15 is 0 Å². The summed E-state index contributed by atoms with van der Waals surface area (Å²) in [6, 6.07) is 6.70. The lowest BCUT2D eigenvalue weighted by Crippen LogP contribution is -2.09. The molecule has 1 rings (SSSR count). The van der Waals surface area contributed by atoms with E-state index in [9.17, 15) is 4.39 Å². The molecular weight excluding hydrogens is 140 g/mol. The molecule has 0 saturated heterocycles. The standard InChI is InChI=1S/C8H10FN.B/c1-10(2)8-6-4-3-5-7(8)9;/h3-6H,1-2H3;. The molecule has 57 valence electrons. The van der Waals surface area contributed by atoms with Gasteiger partial charge in [-0.05, 0) is 12.1 Å². The molecule has 11 heavy (non-hydrogen) atoms. The fourth-order valence-corrected chi connectivity index (χ4v) is 0.814. The van der Waals surface area contributed by atoms with E-state index in [4.69, 9.17) is 0 Å². The molecule has 0 aliphatic carbocycles. The molecule has 0 saturated carbocycles. The zero-order chi connectivity index (χ0) is 7.56. The summed E-state index contributed by atoms with van der Waals surface area (Å²) < 4.78 is 12.8. The number of hydrogen-bond donors (Lipinski definition) is 0. The summed E-state index contributed by atoms with van der Waals surface area (Å²) in [7, 11) is 3.64. The second kappa shape index (κ2) is 4.01. The lowest BCUT2D eigenvalue weighted by Gasteiger charge is -2.11. The Kier molecular flexibility index (Phi) is 3.65. The molecule has 1 aromatic rings. The van der Waals surface area contributed by atoms with E-state index in [1.54, 1.807) is 17.0 Å². The molecule has 0 aromatic heterocycles. The topological polar surface area (TPSA) is 3.24 Å². The molecule has 0 atom stereocenters. The van der Waals surface area contributed by atoms with Crippen LogP contribution in [0, 0.1) is 5.82 Å². The van der Waals surface area contributed by atoms with Gasteiger partial charge in [0.2, 0.25) is 0 Å². The van der Waals surface area contributed by atoms with Crippen LogP contribution < -0.4 is 4.90 Å². The first-order valence-corrected chi connectivity index (χ1v) is 3.13. The summed E-state index contributed by atoms with van der Waals surface area (Å²) in [4.78, 5) is 1.75. The molecule has 1 nitrogen and oxygen atoms in total. The van der Waals surface area contributed by atoms with Crippen molar-refractivity contribution in [3.63, 3.8) is 0 Å². The van der Waals surface area contributed by atoms with Gasteiger partial charge in [0.25, 0.3) is 0 Å². The fourth-order valence-electron chi connectivity index (χ4n) is 0.814. The van der Waals surface area contributed by atoms with Gasteiger partial charge in [0, 0.05) is 22.5 Å². The summed E-state index contributed by atoms with van der Waals surface area (Å²) in [5.74, 6) is -0.174. The van der Waals surface area contributed by atoms with Crippen molar-refractivity contribution in [2.45, 2.75) is 0 Å². The van der Waals surface area contributed by atoms with Gasteiger partial charge in [-0.15, -0.1) is 0 Å². The average Bonchev–Trinajstić information content (AvgIpc) is 1.88. The monoisotopic (exact) mass is 150 g/mol. The largest absolute Gasteiger partial charge is 0.375 e. The zero-order valence-electron chi connectivity index (χ0n) is 6.71. The summed E-state index contributed by atoms with van der Waals surface area (Å²) >= 11 is 0. The first kappa shape index (κ1) is 10.0. The third-order valence-corrected chi connectivity index (χ3v) is 1.33. The van der Waals surface area contributed by atoms with Crippen LogP contribution in [-0.2, 0) is 0 Å². The Morgan fingerprint density at radius 2 is 1.73 bits per heavy atom. The maximum atomic E-state index is 12.8. The molecule has 0 aliphatic heterocycles. The highest BCUT2D eigenvalue weighted by molar-refractivity contribution is 5.75. The average molecular weight is 150 g/mol. The third-order valence-electron chi connectivity index (χ3n) is 1.33. The predicted octanol–water partition coefficient (Wildman–Crippen LogP) is 1.51. The molecule has 0 unspecified atom stereocenters. The molecule has 0 spiro atoms. The van der Waals surface area contributed by atoms with Gasteiger partial charge in [-0.1, -0.05) is 12.1 Å². The van der Waals surface area contributed by atoms with Crippen molar-refractivity contribution in [3.05, 3.63) is 30.1 Å². The Hall–Kier alpha value is -0.985. The smallest absolute Gasteiger partial charge is 0.146 e. The number of rotatable bonds is 1. The molecule has 1 aromatic carbocycles. The van der Waals surface area contributed by atoms with Gasteiger partial charge in [0.15, 0.2) is 0 Å². The molecule has 0 bridgehead atoms. The van der Waals surface area contributed by atoms with E-state index in [2.05, 4.69) is 0 Å². The van der Waals surface area contributed by atoms with Crippen molar-refractivity contribution < 1.29 is 4.39 Å². The Bertz CT molecular complexity index is 225. The first-order chi connectivity index (χ1) is 4.72. The van der Waals surface area contributed by atoms with Gasteiger partial charge in [-0.2, -0.15) is 0 Å². The van der Waals surface area contributed by atoms with Gasteiger partial charge < -0.3 is 4.90 Å². The predicted molar refractivity (Wildman–Crippen MR) is 46.5 cm³/mol. The number of nitrogens with zero attached hydrogens (tertiary/aromatic N) is 1. The van der Waals surface area contributed by atoms with Crippen molar-refractivity contribution in [3.8, 4) is 0 Å². The lowest BCUT2D eigenvalue weighted by molar-refractivity contribution is 0.626. The number of hydrogen-bond acceptors (Lipinski definition) is 1. The van der Waals surface area contributed by atoms with Crippen molar-refractivity contribution in [2.75, 3.05) is 19.0 Å². The van der Waals surface area contributed by atoms with Gasteiger partial charge >= 0.3 is 0 Å². The summed E-state index contributed by atoms with van der Waals surface area (Å²) in [5, 5.41) is 0. The minimum atomic E-state index is -0.174. The first-order valence-electron chi connectivity index (χ1n) is 3.13. The Morgan fingerprint density at radius 3 is 2.09 bits per heavy atom. The molecule has 0 amide bonds. The van der Waals surface area contributed by atoms with Crippen LogP contribution in [0.2, 0.25) is 0 Å². The van der Waals surface area contributed by atoms with Crippen LogP contribution >= 0.6 is 0 Å². The van der Waals surface area contributed by atoms with E-state index in [1.807, 2.05) is 20.2 Å². The van der Waals surface area contributed by atoms with Crippen LogP contribution in [-0.4, -0.2) is 22.5 Å². The quantitative estimate of drug-likeness (QED) is 0.548. The SMILES string of the molecule is CN(C)c1ccccc1F.[B]. The molecule has 0 N–H and O–H groups in total. The molecule has 3 heteroatoms. The molecular formula is C8H10BFN. The second-order valence-electron chi connectivity index (χ2n) is 2.35. The van der Waals surface area contributed by atoms with Crippen molar-refractivity contribution in [2.24, 2.45) is 0 Å². The number of anilines is 1. The van der Waals surface area contributed by atoms with Crippen molar-refractivity contribution in [1.29, 1.82) is 0 Å². The van der Waals surface area contributed by atoms with E-state index < -0.39 is 0 Å². The van der Waals surface area contributed by atoms with Gasteiger partial charge in [-0.25, -0.2) is 4.39 Å². The normalized spacial score (nSPS) is 8.64. The number of benzene rings is 1. The Labute approximate surface area is 68.4 Å². The van der Waals surface area contributed by atoms with Crippen LogP contribution in [0.5, 0.6) is 0 Å². The molecule has 0 fully saturated rings. The minimum absolute atomic E-state index is 0. The van der Waals surface area contributed by atoms with E-state index in [0.717, 1.165) is 0 Å². The van der Waals surface area contributed by atoms with Crippen LogP contribution in [0.25, 0.3) is 0 Å². The third kappa shape index (κ3) is 2.26. The Morgan fingerprint density at radius 1 is 1.18 bits per heavy atom. The highest BCUT2D eigenvalue weighted by atomic mass is 19.1. The molecule has 0 aliphatic rings. The van der Waals surface area contributed by atoms with Gasteiger partial charge in [-0.3, -0.25) is 0 Å². The van der Waals surface area contributed by atoms with E-state index in [-0.39, 0.29) is 14.2 Å². The van der Waals surface area contributed by atoms with Crippen LogP contribution in [0.15, 0.2) is 24.3 Å². The number of para-hydroxylation sites is 1. The highest BCUT2D eigenvalue weighted by Gasteiger charge is 1.99. The van der Waals surface area contributed by atoms with Crippen molar-refractivity contribution in [1.82, 2.24) is 0 Å². The maximum absolute atomic E-state index is 12.8. The minimum Gasteiger partial charge on any atom is -0.375 e. The fraction of sp³-hybridized carbons (Fsp3) is 0.250.